The second-order valence-corrected chi connectivity index (χ2v) is 7.17. The summed E-state index contributed by atoms with van der Waals surface area (Å²) >= 11 is 6.57. The monoisotopic (exact) mass is 342 g/mol. The SMILES string of the molecule is Cc1nn(C)c(C)c1C(c1c[nH]c2cccc(Cl)c12)N1CCCC1. The number of hydrogen-bond acceptors (Lipinski definition) is 2. The Bertz CT molecular complexity index is 886. The van der Waals surface area contributed by atoms with Crippen molar-refractivity contribution in [3.05, 3.63) is 51.9 Å². The predicted octanol–water partition coefficient (Wildman–Crippen LogP) is 4.36. The molecule has 0 aliphatic carbocycles. The van der Waals surface area contributed by atoms with Crippen LogP contribution in [-0.2, 0) is 7.05 Å². The van der Waals surface area contributed by atoms with E-state index >= 15 is 0 Å². The summed E-state index contributed by atoms with van der Waals surface area (Å²) in [6.07, 6.45) is 4.64. The van der Waals surface area contributed by atoms with Crippen LogP contribution in [0.3, 0.4) is 0 Å². The Labute approximate surface area is 147 Å². The average molecular weight is 343 g/mol. The summed E-state index contributed by atoms with van der Waals surface area (Å²) in [5.74, 6) is 0. The molecule has 1 aliphatic heterocycles. The molecule has 0 saturated carbocycles. The number of nitrogens with one attached hydrogen (secondary N) is 1. The predicted molar refractivity (Wildman–Crippen MR) is 98.6 cm³/mol. The summed E-state index contributed by atoms with van der Waals surface area (Å²) in [6, 6.07) is 6.27. The van der Waals surface area contributed by atoms with Crippen molar-refractivity contribution < 1.29 is 0 Å². The van der Waals surface area contributed by atoms with Crippen LogP contribution in [0.25, 0.3) is 10.9 Å². The first kappa shape index (κ1) is 15.7. The van der Waals surface area contributed by atoms with Gasteiger partial charge in [0.2, 0.25) is 0 Å². The normalized spacial score (nSPS) is 17.0. The number of hydrogen-bond donors (Lipinski definition) is 1. The highest BCUT2D eigenvalue weighted by molar-refractivity contribution is 6.35. The lowest BCUT2D eigenvalue weighted by Crippen LogP contribution is -2.27. The van der Waals surface area contributed by atoms with E-state index in [1.807, 2.05) is 23.9 Å². The Morgan fingerprint density at radius 3 is 2.62 bits per heavy atom. The molecule has 1 atom stereocenters. The highest BCUT2D eigenvalue weighted by Crippen LogP contribution is 2.40. The maximum atomic E-state index is 6.57. The highest BCUT2D eigenvalue weighted by atomic mass is 35.5. The number of aromatic amines is 1. The number of H-pyrrole nitrogens is 1. The van der Waals surface area contributed by atoms with Crippen LogP contribution in [0.15, 0.2) is 24.4 Å². The molecular formula is C19H23ClN4. The first-order valence-corrected chi connectivity index (χ1v) is 8.95. The molecule has 2 aromatic heterocycles. The number of fused-ring (bicyclic) bond motifs is 1. The van der Waals surface area contributed by atoms with Crippen molar-refractivity contribution in [1.82, 2.24) is 19.7 Å². The number of benzene rings is 1. The molecule has 0 bridgehead atoms. The molecule has 126 valence electrons. The Balaban J connectivity index is 1.96. The van der Waals surface area contributed by atoms with E-state index < -0.39 is 0 Å². The summed E-state index contributed by atoms with van der Waals surface area (Å²) in [4.78, 5) is 5.98. The summed E-state index contributed by atoms with van der Waals surface area (Å²) < 4.78 is 1.99. The molecule has 1 saturated heterocycles. The Morgan fingerprint density at radius 1 is 1.21 bits per heavy atom. The third kappa shape index (κ3) is 2.36. The van der Waals surface area contributed by atoms with Crippen LogP contribution in [0, 0.1) is 13.8 Å². The second-order valence-electron chi connectivity index (χ2n) is 6.76. The maximum absolute atomic E-state index is 6.57. The molecule has 1 aliphatic rings. The van der Waals surface area contributed by atoms with Crippen LogP contribution in [0.2, 0.25) is 5.02 Å². The third-order valence-corrected chi connectivity index (χ3v) is 5.64. The first-order chi connectivity index (χ1) is 11.6. The fourth-order valence-corrected chi connectivity index (χ4v) is 4.39. The largest absolute Gasteiger partial charge is 0.361 e. The lowest BCUT2D eigenvalue weighted by molar-refractivity contribution is 0.281. The second kappa shape index (κ2) is 5.94. The number of rotatable bonds is 3. The van der Waals surface area contributed by atoms with Gasteiger partial charge < -0.3 is 4.98 Å². The van der Waals surface area contributed by atoms with Gasteiger partial charge in [-0.3, -0.25) is 9.58 Å². The first-order valence-electron chi connectivity index (χ1n) is 8.57. The summed E-state index contributed by atoms with van der Waals surface area (Å²) in [6.45, 7) is 6.52. The fourth-order valence-electron chi connectivity index (χ4n) is 4.10. The van der Waals surface area contributed by atoms with E-state index in [9.17, 15) is 0 Å². The molecule has 4 rings (SSSR count). The number of likely N-dealkylation sites (tertiary alicyclic amines) is 1. The fraction of sp³-hybridized carbons (Fsp3) is 0.421. The number of nitrogens with zero attached hydrogens (tertiary/aromatic N) is 3. The molecule has 24 heavy (non-hydrogen) atoms. The Kier molecular flexibility index (Phi) is 3.89. The summed E-state index contributed by atoms with van der Waals surface area (Å²) in [5, 5.41) is 6.61. The minimum Gasteiger partial charge on any atom is -0.361 e. The van der Waals surface area contributed by atoms with Crippen molar-refractivity contribution in [3.63, 3.8) is 0 Å². The van der Waals surface area contributed by atoms with Gasteiger partial charge in [-0.05, 0) is 51.9 Å². The summed E-state index contributed by atoms with van der Waals surface area (Å²) in [7, 11) is 2.02. The van der Waals surface area contributed by atoms with Crippen molar-refractivity contribution in [2.45, 2.75) is 32.7 Å². The molecule has 3 aromatic rings. The average Bonchev–Trinajstić information content (AvgIpc) is 3.26. The van der Waals surface area contributed by atoms with E-state index in [2.05, 4.69) is 41.1 Å². The molecule has 0 radical (unpaired) electrons. The quantitative estimate of drug-likeness (QED) is 0.768. The molecule has 5 heteroatoms. The number of aromatic nitrogens is 3. The van der Waals surface area contributed by atoms with E-state index in [1.165, 1.54) is 29.7 Å². The zero-order chi connectivity index (χ0) is 16.8. The van der Waals surface area contributed by atoms with Gasteiger partial charge >= 0.3 is 0 Å². The summed E-state index contributed by atoms with van der Waals surface area (Å²) in [5.41, 5.74) is 6.01. The smallest absolute Gasteiger partial charge is 0.0660 e. The zero-order valence-corrected chi connectivity index (χ0v) is 15.2. The van der Waals surface area contributed by atoms with Crippen LogP contribution in [0.4, 0.5) is 0 Å². The zero-order valence-electron chi connectivity index (χ0n) is 14.4. The van der Waals surface area contributed by atoms with E-state index in [-0.39, 0.29) is 6.04 Å². The Morgan fingerprint density at radius 2 is 1.96 bits per heavy atom. The van der Waals surface area contributed by atoms with Crippen molar-refractivity contribution in [2.75, 3.05) is 13.1 Å². The van der Waals surface area contributed by atoms with Gasteiger partial charge in [0.15, 0.2) is 0 Å². The van der Waals surface area contributed by atoms with Crippen molar-refractivity contribution in [1.29, 1.82) is 0 Å². The topological polar surface area (TPSA) is 36.9 Å². The molecule has 1 N–H and O–H groups in total. The van der Waals surface area contributed by atoms with Gasteiger partial charge in [0, 0.05) is 41.0 Å². The van der Waals surface area contributed by atoms with Crippen LogP contribution in [0.1, 0.15) is 41.4 Å². The molecule has 4 nitrogen and oxygen atoms in total. The number of halogens is 1. The van der Waals surface area contributed by atoms with E-state index in [0.717, 1.165) is 34.7 Å². The van der Waals surface area contributed by atoms with E-state index in [4.69, 9.17) is 11.6 Å². The lowest BCUT2D eigenvalue weighted by atomic mass is 9.95. The highest BCUT2D eigenvalue weighted by Gasteiger charge is 2.31. The number of aryl methyl sites for hydroxylation is 2. The van der Waals surface area contributed by atoms with Crippen molar-refractivity contribution in [2.24, 2.45) is 7.05 Å². The molecule has 0 spiro atoms. The van der Waals surface area contributed by atoms with Gasteiger partial charge in [-0.15, -0.1) is 0 Å². The van der Waals surface area contributed by atoms with E-state index in [1.54, 1.807) is 0 Å². The van der Waals surface area contributed by atoms with Gasteiger partial charge in [-0.25, -0.2) is 0 Å². The third-order valence-electron chi connectivity index (χ3n) is 5.32. The van der Waals surface area contributed by atoms with Crippen molar-refractivity contribution in [3.8, 4) is 0 Å². The van der Waals surface area contributed by atoms with Gasteiger partial charge in [0.25, 0.3) is 0 Å². The molecule has 0 amide bonds. The van der Waals surface area contributed by atoms with Crippen LogP contribution in [0.5, 0.6) is 0 Å². The Hall–Kier alpha value is -1.78. The molecular weight excluding hydrogens is 320 g/mol. The van der Waals surface area contributed by atoms with Gasteiger partial charge in [0.05, 0.1) is 16.8 Å². The van der Waals surface area contributed by atoms with E-state index in [0.29, 0.717) is 0 Å². The van der Waals surface area contributed by atoms with Crippen molar-refractivity contribution >= 4 is 22.5 Å². The molecule has 1 fully saturated rings. The molecule has 1 unspecified atom stereocenters. The minimum absolute atomic E-state index is 0.204. The maximum Gasteiger partial charge on any atom is 0.0660 e. The van der Waals surface area contributed by atoms with Crippen LogP contribution >= 0.6 is 11.6 Å². The standard InChI is InChI=1S/C19H23ClN4/c1-12-17(13(2)23(3)22-12)19(24-9-4-5-10-24)14-11-21-16-8-6-7-15(20)18(14)16/h6-8,11,19,21H,4-5,9-10H2,1-3H3. The van der Waals surface area contributed by atoms with Crippen LogP contribution < -0.4 is 0 Å². The molecule has 1 aromatic carbocycles. The van der Waals surface area contributed by atoms with Gasteiger partial charge in [-0.2, -0.15) is 5.10 Å². The van der Waals surface area contributed by atoms with Crippen LogP contribution in [-0.4, -0.2) is 32.8 Å². The molecule has 3 heterocycles. The lowest BCUT2D eigenvalue weighted by Gasteiger charge is -2.28. The van der Waals surface area contributed by atoms with Gasteiger partial charge in [-0.1, -0.05) is 17.7 Å². The minimum atomic E-state index is 0.204. The van der Waals surface area contributed by atoms with Gasteiger partial charge in [0.1, 0.15) is 0 Å².